The molecule has 0 fully saturated rings. The third-order valence-corrected chi connectivity index (χ3v) is 9.41. The molecule has 0 radical (unpaired) electrons. The van der Waals surface area contributed by atoms with Crippen LogP contribution in [0.2, 0.25) is 0 Å². The summed E-state index contributed by atoms with van der Waals surface area (Å²) in [6.45, 7) is 6.80. The molecular weight excluding hydrogens is 739 g/mol. The molecule has 3 N–H and O–H groups in total. The Labute approximate surface area is 328 Å². The molecule has 5 rings (SSSR count). The van der Waals surface area contributed by atoms with Gasteiger partial charge in [0.2, 0.25) is 0 Å². The van der Waals surface area contributed by atoms with Crippen LogP contribution in [0.25, 0.3) is 10.8 Å². The number of pyridine rings is 1. The Morgan fingerprint density at radius 1 is 0.786 bits per heavy atom. The maximum atomic E-state index is 13.5. The lowest BCUT2D eigenvalue weighted by atomic mass is 9.86. The lowest BCUT2D eigenvalue weighted by Gasteiger charge is -2.23. The molecule has 0 spiro atoms. The summed E-state index contributed by atoms with van der Waals surface area (Å²) >= 11 is 0. The lowest BCUT2D eigenvalue weighted by Crippen LogP contribution is -2.21. The summed E-state index contributed by atoms with van der Waals surface area (Å²) < 4.78 is 46.4. The SMILES string of the molecule is COc1cc(Cc2cc(Oc3ccc(NC(=O)Nc4cc(C(C)(C)C)cc(S(C)=O)c4OC)c4ccccc34)ccn2)cc(OCCOCCOCC(=O)O)c1. The molecule has 0 saturated carbocycles. The van der Waals surface area contributed by atoms with Gasteiger partial charge in [-0.2, -0.15) is 0 Å². The van der Waals surface area contributed by atoms with E-state index in [1.165, 1.54) is 7.11 Å². The predicted octanol–water partition coefficient (Wildman–Crippen LogP) is 7.81. The zero-order valence-corrected chi connectivity index (χ0v) is 33.1. The van der Waals surface area contributed by atoms with Gasteiger partial charge in [-0.25, -0.2) is 9.59 Å². The van der Waals surface area contributed by atoms with Gasteiger partial charge in [0.25, 0.3) is 0 Å². The van der Waals surface area contributed by atoms with E-state index in [0.717, 1.165) is 27.6 Å². The molecule has 1 unspecified atom stereocenters. The van der Waals surface area contributed by atoms with Crippen molar-refractivity contribution in [2.24, 2.45) is 0 Å². The number of nitrogens with zero attached hydrogens (tertiary/aromatic N) is 1. The highest BCUT2D eigenvalue weighted by Gasteiger charge is 2.22. The van der Waals surface area contributed by atoms with E-state index in [1.807, 2.05) is 75.4 Å². The van der Waals surface area contributed by atoms with Crippen molar-refractivity contribution >= 4 is 44.9 Å². The van der Waals surface area contributed by atoms with Crippen LogP contribution >= 0.6 is 0 Å². The zero-order chi connectivity index (χ0) is 40.2. The average molecular weight is 786 g/mol. The van der Waals surface area contributed by atoms with E-state index >= 15 is 0 Å². The number of amides is 2. The molecule has 56 heavy (non-hydrogen) atoms. The van der Waals surface area contributed by atoms with Crippen molar-refractivity contribution < 1.29 is 47.3 Å². The molecule has 296 valence electrons. The van der Waals surface area contributed by atoms with E-state index in [9.17, 15) is 13.8 Å². The fourth-order valence-corrected chi connectivity index (χ4v) is 6.53. The number of hydrogen-bond acceptors (Lipinski definition) is 10. The summed E-state index contributed by atoms with van der Waals surface area (Å²) in [6, 6.07) is 23.7. The Kier molecular flexibility index (Phi) is 14.3. The third kappa shape index (κ3) is 11.4. The third-order valence-electron chi connectivity index (χ3n) is 8.49. The fraction of sp³-hybridized carbons (Fsp3) is 0.310. The summed E-state index contributed by atoms with van der Waals surface area (Å²) in [6.07, 6.45) is 3.74. The Morgan fingerprint density at radius 3 is 2.21 bits per heavy atom. The summed E-state index contributed by atoms with van der Waals surface area (Å²) in [5, 5.41) is 16.1. The van der Waals surface area contributed by atoms with Crippen LogP contribution in [0.1, 0.15) is 37.6 Å². The van der Waals surface area contributed by atoms with Crippen molar-refractivity contribution in [1.29, 1.82) is 0 Å². The van der Waals surface area contributed by atoms with Crippen LogP contribution in [-0.2, 0) is 36.9 Å². The molecule has 2 amide bonds. The minimum Gasteiger partial charge on any atom is -0.497 e. The first-order valence-corrected chi connectivity index (χ1v) is 19.4. The maximum Gasteiger partial charge on any atom is 0.329 e. The minimum atomic E-state index is -1.35. The number of carboxylic acid groups (broad SMARTS) is 1. The molecular formula is C42H47N3O10S. The van der Waals surface area contributed by atoms with E-state index in [1.54, 1.807) is 43.8 Å². The molecule has 0 saturated heterocycles. The molecule has 4 aromatic carbocycles. The lowest BCUT2D eigenvalue weighted by molar-refractivity contribution is -0.142. The van der Waals surface area contributed by atoms with Crippen LogP contribution in [0, 0.1) is 0 Å². The van der Waals surface area contributed by atoms with Crippen LogP contribution in [0.4, 0.5) is 16.2 Å². The highest BCUT2D eigenvalue weighted by Crippen LogP contribution is 2.38. The number of fused-ring (bicyclic) bond motifs is 1. The zero-order valence-electron chi connectivity index (χ0n) is 32.3. The van der Waals surface area contributed by atoms with Crippen molar-refractivity contribution in [3.05, 3.63) is 102 Å². The molecule has 0 aliphatic heterocycles. The van der Waals surface area contributed by atoms with Gasteiger partial charge in [-0.05, 0) is 59.0 Å². The van der Waals surface area contributed by atoms with Gasteiger partial charge in [0, 0.05) is 47.5 Å². The summed E-state index contributed by atoms with van der Waals surface area (Å²) in [4.78, 5) is 29.0. The van der Waals surface area contributed by atoms with Gasteiger partial charge in [0.1, 0.15) is 36.2 Å². The number of nitrogens with one attached hydrogen (secondary N) is 2. The molecule has 14 heteroatoms. The number of benzene rings is 4. The van der Waals surface area contributed by atoms with Crippen LogP contribution < -0.4 is 29.6 Å². The van der Waals surface area contributed by atoms with Gasteiger partial charge in [-0.1, -0.05) is 45.0 Å². The number of aromatic nitrogens is 1. The predicted molar refractivity (Wildman–Crippen MR) is 215 cm³/mol. The Morgan fingerprint density at radius 2 is 1.50 bits per heavy atom. The molecule has 1 heterocycles. The van der Waals surface area contributed by atoms with Gasteiger partial charge in [0.05, 0.1) is 61.1 Å². The first-order valence-electron chi connectivity index (χ1n) is 17.8. The summed E-state index contributed by atoms with van der Waals surface area (Å²) in [5.41, 5.74) is 3.30. The van der Waals surface area contributed by atoms with Crippen molar-refractivity contribution in [2.75, 3.05) is 64.1 Å². The highest BCUT2D eigenvalue weighted by atomic mass is 32.2. The average Bonchev–Trinajstić information content (AvgIpc) is 3.16. The standard InChI is InChI=1S/C42H47N3O10S/c1-42(2,3)28-22-36(40(51-5)38(23-28)56(6)49)45-41(48)44-35-11-12-37(34-10-8-7-9-33(34)35)55-30-13-14-43-29(24-30)19-27-20-31(50-4)25-32(21-27)54-18-17-52-15-16-53-26-39(46)47/h7-14,20-25H,15-19,26H2,1-6H3,(H,46,47)(H2,44,45,48). The first kappa shape index (κ1) is 41.5. The maximum absolute atomic E-state index is 13.5. The smallest absolute Gasteiger partial charge is 0.329 e. The molecule has 0 aliphatic rings. The van der Waals surface area contributed by atoms with Crippen molar-refractivity contribution in [1.82, 2.24) is 4.98 Å². The number of ether oxygens (including phenoxy) is 6. The van der Waals surface area contributed by atoms with Crippen LogP contribution in [-0.4, -0.2) is 79.8 Å². The van der Waals surface area contributed by atoms with Crippen LogP contribution in [0.5, 0.6) is 28.7 Å². The number of rotatable bonds is 18. The number of carbonyl (C=O) groups is 2. The van der Waals surface area contributed by atoms with Gasteiger partial charge in [0.15, 0.2) is 5.75 Å². The van der Waals surface area contributed by atoms with Crippen molar-refractivity contribution in [2.45, 2.75) is 37.5 Å². The van der Waals surface area contributed by atoms with Crippen molar-refractivity contribution in [3.8, 4) is 28.7 Å². The second-order valence-corrected chi connectivity index (χ2v) is 15.0. The van der Waals surface area contributed by atoms with Gasteiger partial charge in [-0.3, -0.25) is 9.19 Å². The van der Waals surface area contributed by atoms with E-state index in [4.69, 9.17) is 33.5 Å². The Balaban J connectivity index is 1.27. The van der Waals surface area contributed by atoms with Crippen LogP contribution in [0.15, 0.2) is 90.0 Å². The van der Waals surface area contributed by atoms with Gasteiger partial charge in [-0.15, -0.1) is 0 Å². The Hall–Kier alpha value is -5.70. The minimum absolute atomic E-state index is 0.180. The monoisotopic (exact) mass is 785 g/mol. The second-order valence-electron chi connectivity index (χ2n) is 13.7. The van der Waals surface area contributed by atoms with E-state index in [2.05, 4.69) is 15.6 Å². The fourth-order valence-electron chi connectivity index (χ4n) is 5.78. The number of methoxy groups -OCH3 is 2. The summed E-state index contributed by atoms with van der Waals surface area (Å²) in [5.74, 6) is 1.72. The molecule has 13 nitrogen and oxygen atoms in total. The van der Waals surface area contributed by atoms with E-state index in [0.29, 0.717) is 58.0 Å². The van der Waals surface area contributed by atoms with E-state index < -0.39 is 22.8 Å². The van der Waals surface area contributed by atoms with Gasteiger partial charge >= 0.3 is 12.0 Å². The van der Waals surface area contributed by atoms with Gasteiger partial charge < -0.3 is 44.2 Å². The molecule has 1 atom stereocenters. The quantitative estimate of drug-likeness (QED) is 0.0743. The highest BCUT2D eigenvalue weighted by molar-refractivity contribution is 7.84. The molecule has 0 aliphatic carbocycles. The molecule has 5 aromatic rings. The van der Waals surface area contributed by atoms with E-state index in [-0.39, 0.29) is 31.8 Å². The first-order chi connectivity index (χ1) is 26.8. The second kappa shape index (κ2) is 19.2. The van der Waals surface area contributed by atoms with Crippen molar-refractivity contribution in [3.63, 3.8) is 0 Å². The number of carbonyl (C=O) groups excluding carboxylic acids is 1. The summed E-state index contributed by atoms with van der Waals surface area (Å²) in [7, 11) is 1.73. The number of aliphatic carboxylic acids is 1. The van der Waals surface area contributed by atoms with Crippen LogP contribution in [0.3, 0.4) is 0 Å². The molecule has 0 bridgehead atoms. The largest absolute Gasteiger partial charge is 0.497 e. The molecule has 1 aromatic heterocycles. The number of carboxylic acids is 1. The topological polar surface area (TPSA) is 164 Å². The number of urea groups is 1. The normalized spacial score (nSPS) is 11.8. The number of anilines is 2. The number of hydrogen-bond donors (Lipinski definition) is 3. The Bertz CT molecular complexity index is 2190.